The van der Waals surface area contributed by atoms with Crippen LogP contribution in [0.1, 0.15) is 31.0 Å². The number of likely N-dealkylation sites (tertiary alicyclic amines) is 2. The number of hydrogen-bond acceptors (Lipinski definition) is 4. The summed E-state index contributed by atoms with van der Waals surface area (Å²) in [5, 5.41) is 21.0. The van der Waals surface area contributed by atoms with Crippen molar-refractivity contribution in [3.63, 3.8) is 0 Å². The molecule has 3 heterocycles. The van der Waals surface area contributed by atoms with Crippen molar-refractivity contribution in [1.29, 1.82) is 0 Å². The summed E-state index contributed by atoms with van der Waals surface area (Å²) in [6.45, 7) is 4.07. The van der Waals surface area contributed by atoms with Gasteiger partial charge in [0, 0.05) is 56.2 Å². The van der Waals surface area contributed by atoms with Crippen molar-refractivity contribution in [3.05, 3.63) is 65.5 Å². The Morgan fingerprint density at radius 1 is 1.03 bits per heavy atom. The second-order valence-corrected chi connectivity index (χ2v) is 9.15. The third-order valence-electron chi connectivity index (χ3n) is 7.15. The fourth-order valence-electron chi connectivity index (χ4n) is 5.35. The predicted octanol–water partition coefficient (Wildman–Crippen LogP) is 3.06. The van der Waals surface area contributed by atoms with Gasteiger partial charge in [0.25, 0.3) is 0 Å². The summed E-state index contributed by atoms with van der Waals surface area (Å²) in [5.41, 5.74) is -0.550. The van der Waals surface area contributed by atoms with Crippen molar-refractivity contribution >= 4 is 12.0 Å². The highest BCUT2D eigenvalue weighted by Gasteiger charge is 2.50. The largest absolute Gasteiger partial charge is 0.465 e. The Morgan fingerprint density at radius 3 is 2.30 bits per heavy atom. The maximum Gasteiger partial charge on any atom is 0.407 e. The molecule has 2 fully saturated rings. The Hall–Kier alpha value is -3.07. The van der Waals surface area contributed by atoms with Gasteiger partial charge < -0.3 is 20.0 Å². The summed E-state index contributed by atoms with van der Waals surface area (Å²) in [6, 6.07) is 8.48. The maximum atomic E-state index is 14.6. The van der Waals surface area contributed by atoms with Gasteiger partial charge in [0.2, 0.25) is 5.91 Å². The monoisotopic (exact) mass is 459 g/mol. The van der Waals surface area contributed by atoms with Gasteiger partial charge in [-0.3, -0.25) is 9.78 Å². The van der Waals surface area contributed by atoms with Crippen molar-refractivity contribution in [2.24, 2.45) is 17.8 Å². The maximum absolute atomic E-state index is 14.6. The molecule has 0 unspecified atom stereocenters. The van der Waals surface area contributed by atoms with Crippen LogP contribution in [-0.2, 0) is 10.4 Å². The lowest BCUT2D eigenvalue weighted by molar-refractivity contribution is -0.153. The molecule has 7 nitrogen and oxygen atoms in total. The van der Waals surface area contributed by atoms with Crippen LogP contribution in [0.3, 0.4) is 0 Å². The normalized spacial score (nSPS) is 29.8. The molecule has 0 bridgehead atoms. The number of hydrogen-bond donors (Lipinski definition) is 2. The first-order valence-corrected chi connectivity index (χ1v) is 11.0. The quantitative estimate of drug-likeness (QED) is 0.736. The van der Waals surface area contributed by atoms with Crippen molar-refractivity contribution in [3.8, 4) is 0 Å². The highest BCUT2D eigenvalue weighted by atomic mass is 19.1. The third kappa shape index (κ3) is 4.06. The van der Waals surface area contributed by atoms with E-state index < -0.39 is 35.2 Å². The SMILES string of the molecule is C[C@@H]1CN(C(=O)[C@H]2CN(C(=O)O)C[C@H]2c2ccc(F)cc2F)C[C@H](C)[C@@]1(O)c1ccccn1. The second kappa shape index (κ2) is 8.70. The van der Waals surface area contributed by atoms with Crippen LogP contribution < -0.4 is 0 Å². The van der Waals surface area contributed by atoms with Gasteiger partial charge in [0.05, 0.1) is 11.6 Å². The van der Waals surface area contributed by atoms with Gasteiger partial charge in [0.15, 0.2) is 0 Å². The predicted molar refractivity (Wildman–Crippen MR) is 115 cm³/mol. The molecule has 2 saturated heterocycles. The number of pyridine rings is 1. The van der Waals surface area contributed by atoms with E-state index in [2.05, 4.69) is 4.98 Å². The number of carboxylic acid groups (broad SMARTS) is 1. The molecule has 2 aromatic rings. The molecule has 2 amide bonds. The summed E-state index contributed by atoms with van der Waals surface area (Å²) in [4.78, 5) is 32.2. The molecule has 2 aliphatic rings. The molecule has 4 rings (SSSR count). The Bertz CT molecular complexity index is 1040. The van der Waals surface area contributed by atoms with Gasteiger partial charge in [-0.05, 0) is 23.8 Å². The summed E-state index contributed by atoms with van der Waals surface area (Å²) < 4.78 is 28.0. The summed E-state index contributed by atoms with van der Waals surface area (Å²) in [6.07, 6.45) is 0.424. The van der Waals surface area contributed by atoms with Crippen molar-refractivity contribution in [2.45, 2.75) is 25.4 Å². The van der Waals surface area contributed by atoms with Crippen LogP contribution in [0.25, 0.3) is 0 Å². The van der Waals surface area contributed by atoms with Gasteiger partial charge >= 0.3 is 6.09 Å². The number of rotatable bonds is 3. The number of aromatic nitrogens is 1. The number of benzene rings is 1. The molecule has 176 valence electrons. The number of aliphatic hydroxyl groups is 1. The molecule has 0 spiro atoms. The average molecular weight is 459 g/mol. The number of amides is 2. The Morgan fingerprint density at radius 2 is 1.73 bits per heavy atom. The number of carbonyl (C=O) groups excluding carboxylic acids is 1. The number of piperidine rings is 1. The average Bonchev–Trinajstić information content (AvgIpc) is 3.22. The minimum atomic E-state index is -1.22. The topological polar surface area (TPSA) is 94.0 Å². The summed E-state index contributed by atoms with van der Waals surface area (Å²) in [7, 11) is 0. The van der Waals surface area contributed by atoms with Gasteiger partial charge in [-0.25, -0.2) is 13.6 Å². The zero-order chi connectivity index (χ0) is 23.9. The fraction of sp³-hybridized carbons (Fsp3) is 0.458. The van der Waals surface area contributed by atoms with E-state index in [1.54, 1.807) is 29.3 Å². The van der Waals surface area contributed by atoms with Gasteiger partial charge in [-0.15, -0.1) is 0 Å². The molecule has 0 saturated carbocycles. The first kappa shape index (κ1) is 23.1. The molecule has 5 atom stereocenters. The van der Waals surface area contributed by atoms with Crippen LogP contribution in [0.5, 0.6) is 0 Å². The smallest absolute Gasteiger partial charge is 0.407 e. The van der Waals surface area contributed by atoms with Crippen molar-refractivity contribution in [1.82, 2.24) is 14.8 Å². The van der Waals surface area contributed by atoms with E-state index in [-0.39, 0.29) is 49.5 Å². The van der Waals surface area contributed by atoms with Crippen molar-refractivity contribution < 1.29 is 28.6 Å². The zero-order valence-corrected chi connectivity index (χ0v) is 18.5. The number of halogens is 2. The minimum absolute atomic E-state index is 0.0505. The second-order valence-electron chi connectivity index (χ2n) is 9.15. The van der Waals surface area contributed by atoms with Crippen molar-refractivity contribution in [2.75, 3.05) is 26.2 Å². The van der Waals surface area contributed by atoms with Crippen LogP contribution in [0.15, 0.2) is 42.6 Å². The van der Waals surface area contributed by atoms with Crippen LogP contribution in [-0.4, -0.2) is 63.2 Å². The Kier molecular flexibility index (Phi) is 6.09. The molecule has 2 N–H and O–H groups in total. The minimum Gasteiger partial charge on any atom is -0.465 e. The van der Waals surface area contributed by atoms with Crippen LogP contribution >= 0.6 is 0 Å². The van der Waals surface area contributed by atoms with E-state index in [1.165, 1.54) is 6.07 Å². The highest BCUT2D eigenvalue weighted by Crippen LogP contribution is 2.42. The molecule has 33 heavy (non-hydrogen) atoms. The lowest BCUT2D eigenvalue weighted by atomic mass is 9.72. The highest BCUT2D eigenvalue weighted by molar-refractivity contribution is 5.82. The summed E-state index contributed by atoms with van der Waals surface area (Å²) >= 11 is 0. The Balaban J connectivity index is 1.60. The lowest BCUT2D eigenvalue weighted by Crippen LogP contribution is -2.57. The molecular weight excluding hydrogens is 432 g/mol. The van der Waals surface area contributed by atoms with E-state index in [0.29, 0.717) is 5.69 Å². The van der Waals surface area contributed by atoms with Crippen LogP contribution in [0, 0.1) is 29.4 Å². The zero-order valence-electron chi connectivity index (χ0n) is 18.5. The third-order valence-corrected chi connectivity index (χ3v) is 7.15. The number of carbonyl (C=O) groups is 2. The number of nitrogens with zero attached hydrogens (tertiary/aromatic N) is 3. The van der Waals surface area contributed by atoms with E-state index in [0.717, 1.165) is 17.0 Å². The Labute approximate surface area is 190 Å². The summed E-state index contributed by atoms with van der Waals surface area (Å²) in [5.74, 6) is -4.03. The molecular formula is C24H27F2N3O4. The van der Waals surface area contributed by atoms with Gasteiger partial charge in [0.1, 0.15) is 17.2 Å². The van der Waals surface area contributed by atoms with Crippen LogP contribution in [0.2, 0.25) is 0 Å². The van der Waals surface area contributed by atoms with Crippen LogP contribution in [0.4, 0.5) is 13.6 Å². The molecule has 0 radical (unpaired) electrons. The molecule has 0 aliphatic carbocycles. The first-order chi connectivity index (χ1) is 15.6. The lowest BCUT2D eigenvalue weighted by Gasteiger charge is -2.48. The fourth-order valence-corrected chi connectivity index (χ4v) is 5.35. The first-order valence-electron chi connectivity index (χ1n) is 11.0. The molecule has 1 aromatic heterocycles. The standard InChI is InChI=1S/C24H27F2N3O4/c1-14-10-28(11-15(2)24(14,33)21-5-3-4-8-27-21)22(30)19-13-29(23(31)32)12-18(19)17-7-6-16(25)9-20(17)26/h3-9,14-15,18-19,33H,10-13H2,1-2H3,(H,31,32)/t14-,15+,18-,19-,24-/m0/s1. The molecule has 9 heteroatoms. The van der Waals surface area contributed by atoms with E-state index in [4.69, 9.17) is 0 Å². The van der Waals surface area contributed by atoms with Gasteiger partial charge in [-0.1, -0.05) is 26.0 Å². The van der Waals surface area contributed by atoms with E-state index in [1.807, 2.05) is 13.8 Å². The molecule has 1 aromatic carbocycles. The van der Waals surface area contributed by atoms with E-state index >= 15 is 0 Å². The molecule has 2 aliphatic heterocycles. The van der Waals surface area contributed by atoms with Gasteiger partial charge in [-0.2, -0.15) is 0 Å². The van der Waals surface area contributed by atoms with E-state index in [9.17, 15) is 28.6 Å².